The SMILES string of the molecule is C[C@H]1CN(c2nnc(-c3ccc(C#N)cc3)c3ccccc23)CCN1C(=O)Cc1ccc(F)cc1.Cl. The summed E-state index contributed by atoms with van der Waals surface area (Å²) in [5.74, 6) is 0.535. The first kappa shape index (κ1) is 25.1. The molecule has 0 N–H and O–H groups in total. The highest BCUT2D eigenvalue weighted by atomic mass is 35.5. The lowest BCUT2D eigenvalue weighted by atomic mass is 10.0. The van der Waals surface area contributed by atoms with Crippen LogP contribution in [0.5, 0.6) is 0 Å². The Morgan fingerprint density at radius 2 is 1.69 bits per heavy atom. The summed E-state index contributed by atoms with van der Waals surface area (Å²) in [5.41, 5.74) is 3.09. The molecule has 1 atom stereocenters. The van der Waals surface area contributed by atoms with Crippen LogP contribution >= 0.6 is 12.4 Å². The molecule has 0 spiro atoms. The molecule has 4 aromatic rings. The second-order valence-electron chi connectivity index (χ2n) is 8.79. The monoisotopic (exact) mass is 501 g/mol. The zero-order chi connectivity index (χ0) is 24.4. The van der Waals surface area contributed by atoms with E-state index in [4.69, 9.17) is 5.26 Å². The third-order valence-electron chi connectivity index (χ3n) is 6.47. The molecule has 2 heterocycles. The van der Waals surface area contributed by atoms with Crippen LogP contribution in [0.4, 0.5) is 10.2 Å². The van der Waals surface area contributed by atoms with E-state index in [-0.39, 0.29) is 36.6 Å². The van der Waals surface area contributed by atoms with E-state index < -0.39 is 0 Å². The van der Waals surface area contributed by atoms with Crippen LogP contribution in [0.25, 0.3) is 22.0 Å². The molecular formula is C28H25ClFN5O. The summed E-state index contributed by atoms with van der Waals surface area (Å²) in [7, 11) is 0. The van der Waals surface area contributed by atoms with Crippen LogP contribution in [0.2, 0.25) is 0 Å². The van der Waals surface area contributed by atoms with Crippen molar-refractivity contribution in [3.63, 3.8) is 0 Å². The Labute approximate surface area is 215 Å². The Kier molecular flexibility index (Phi) is 7.47. The van der Waals surface area contributed by atoms with Crippen LogP contribution in [-0.4, -0.2) is 46.7 Å². The van der Waals surface area contributed by atoms with Crippen LogP contribution in [0.1, 0.15) is 18.1 Å². The fraction of sp³-hybridized carbons (Fsp3) is 0.214. The van der Waals surface area contributed by atoms with Gasteiger partial charge in [-0.3, -0.25) is 4.79 Å². The van der Waals surface area contributed by atoms with Gasteiger partial charge in [0.2, 0.25) is 5.91 Å². The number of hydrogen-bond donors (Lipinski definition) is 0. The van der Waals surface area contributed by atoms with Crippen molar-refractivity contribution in [2.24, 2.45) is 0 Å². The van der Waals surface area contributed by atoms with Crippen molar-refractivity contribution in [2.45, 2.75) is 19.4 Å². The second-order valence-corrected chi connectivity index (χ2v) is 8.79. The lowest BCUT2D eigenvalue weighted by Crippen LogP contribution is -2.54. The Morgan fingerprint density at radius 1 is 1.00 bits per heavy atom. The number of amides is 1. The summed E-state index contributed by atoms with van der Waals surface area (Å²) in [6.07, 6.45) is 0.257. The predicted molar refractivity (Wildman–Crippen MR) is 140 cm³/mol. The fourth-order valence-electron chi connectivity index (χ4n) is 4.64. The molecular weight excluding hydrogens is 477 g/mol. The van der Waals surface area contributed by atoms with Gasteiger partial charge in [-0.05, 0) is 36.8 Å². The van der Waals surface area contributed by atoms with Crippen LogP contribution in [0.3, 0.4) is 0 Å². The second kappa shape index (κ2) is 10.7. The summed E-state index contributed by atoms with van der Waals surface area (Å²) < 4.78 is 13.2. The first-order valence-electron chi connectivity index (χ1n) is 11.6. The highest BCUT2D eigenvalue weighted by Crippen LogP contribution is 2.32. The Bertz CT molecular complexity index is 1420. The maximum absolute atomic E-state index is 13.2. The van der Waals surface area contributed by atoms with Gasteiger partial charge in [-0.15, -0.1) is 22.6 Å². The Morgan fingerprint density at radius 3 is 2.36 bits per heavy atom. The molecule has 1 aliphatic heterocycles. The topological polar surface area (TPSA) is 73.1 Å². The van der Waals surface area contributed by atoms with E-state index in [1.807, 2.05) is 48.2 Å². The van der Waals surface area contributed by atoms with Crippen molar-refractivity contribution >= 4 is 34.9 Å². The first-order chi connectivity index (χ1) is 17.0. The third kappa shape index (κ3) is 5.00. The molecule has 1 fully saturated rings. The normalized spacial score (nSPS) is 15.3. The predicted octanol–water partition coefficient (Wildman–Crippen LogP) is 5.01. The van der Waals surface area contributed by atoms with Gasteiger partial charge in [0, 0.05) is 42.0 Å². The zero-order valence-electron chi connectivity index (χ0n) is 19.8. The summed E-state index contributed by atoms with van der Waals surface area (Å²) >= 11 is 0. The molecule has 0 aliphatic carbocycles. The number of halogens is 2. The summed E-state index contributed by atoms with van der Waals surface area (Å²) in [6.45, 7) is 3.91. The van der Waals surface area contributed by atoms with E-state index in [9.17, 15) is 9.18 Å². The average molecular weight is 502 g/mol. The summed E-state index contributed by atoms with van der Waals surface area (Å²) in [5, 5.41) is 20.2. The van der Waals surface area contributed by atoms with Crippen LogP contribution in [-0.2, 0) is 11.2 Å². The summed E-state index contributed by atoms with van der Waals surface area (Å²) in [6, 6.07) is 23.6. The number of fused-ring (bicyclic) bond motifs is 1. The number of nitrogens with zero attached hydrogens (tertiary/aromatic N) is 5. The molecule has 0 saturated carbocycles. The molecule has 1 amide bonds. The van der Waals surface area contributed by atoms with E-state index in [0.717, 1.165) is 33.4 Å². The Hall–Kier alpha value is -4.02. The third-order valence-corrected chi connectivity index (χ3v) is 6.47. The van der Waals surface area contributed by atoms with E-state index in [2.05, 4.69) is 21.2 Å². The molecule has 1 saturated heterocycles. The van der Waals surface area contributed by atoms with Gasteiger partial charge in [-0.2, -0.15) is 5.26 Å². The molecule has 0 bridgehead atoms. The number of carbonyl (C=O) groups excluding carboxylic acids is 1. The zero-order valence-corrected chi connectivity index (χ0v) is 20.6. The van der Waals surface area contributed by atoms with Gasteiger partial charge in [0.05, 0.1) is 18.1 Å². The van der Waals surface area contributed by atoms with Gasteiger partial charge < -0.3 is 9.80 Å². The molecule has 182 valence electrons. The average Bonchev–Trinajstić information content (AvgIpc) is 2.89. The highest BCUT2D eigenvalue weighted by Gasteiger charge is 2.29. The van der Waals surface area contributed by atoms with E-state index >= 15 is 0 Å². The van der Waals surface area contributed by atoms with E-state index in [1.54, 1.807) is 24.3 Å². The van der Waals surface area contributed by atoms with Gasteiger partial charge in [0.15, 0.2) is 5.82 Å². The van der Waals surface area contributed by atoms with Gasteiger partial charge in [0.1, 0.15) is 11.5 Å². The minimum absolute atomic E-state index is 0. The smallest absolute Gasteiger partial charge is 0.227 e. The van der Waals surface area contributed by atoms with Crippen LogP contribution in [0.15, 0.2) is 72.8 Å². The molecule has 8 heteroatoms. The highest BCUT2D eigenvalue weighted by molar-refractivity contribution is 6.00. The maximum Gasteiger partial charge on any atom is 0.227 e. The largest absolute Gasteiger partial charge is 0.351 e. The standard InChI is InChI=1S/C28H24FN5O.ClH/c1-19-18-33(14-15-34(19)26(35)16-20-8-12-23(29)13-9-20)28-25-5-3-2-4-24(25)27(31-32-28)22-10-6-21(17-30)7-11-22;/h2-13,19H,14-16,18H2,1H3;1H/t19-;/m0./s1. The van der Waals surface area contributed by atoms with Crippen molar-refractivity contribution < 1.29 is 9.18 Å². The first-order valence-corrected chi connectivity index (χ1v) is 11.6. The molecule has 1 aliphatic rings. The van der Waals surface area contributed by atoms with Gasteiger partial charge in [-0.25, -0.2) is 4.39 Å². The van der Waals surface area contributed by atoms with Crippen LogP contribution < -0.4 is 4.90 Å². The lowest BCUT2D eigenvalue weighted by molar-refractivity contribution is -0.132. The van der Waals surface area contributed by atoms with E-state index in [1.165, 1.54) is 12.1 Å². The van der Waals surface area contributed by atoms with Crippen molar-refractivity contribution in [2.75, 3.05) is 24.5 Å². The number of nitriles is 1. The molecule has 6 nitrogen and oxygen atoms in total. The quantitative estimate of drug-likeness (QED) is 0.393. The molecule has 36 heavy (non-hydrogen) atoms. The minimum atomic E-state index is -0.304. The number of anilines is 1. The number of piperazine rings is 1. The number of hydrogen-bond acceptors (Lipinski definition) is 5. The molecule has 3 aromatic carbocycles. The van der Waals surface area contributed by atoms with Crippen molar-refractivity contribution in [1.82, 2.24) is 15.1 Å². The maximum atomic E-state index is 13.2. The number of rotatable bonds is 4. The van der Waals surface area contributed by atoms with Gasteiger partial charge in [-0.1, -0.05) is 48.5 Å². The minimum Gasteiger partial charge on any atom is -0.351 e. The van der Waals surface area contributed by atoms with Crippen LogP contribution in [0, 0.1) is 17.1 Å². The van der Waals surface area contributed by atoms with Crippen molar-refractivity contribution in [1.29, 1.82) is 5.26 Å². The fourth-order valence-corrected chi connectivity index (χ4v) is 4.64. The van der Waals surface area contributed by atoms with E-state index in [0.29, 0.717) is 25.2 Å². The summed E-state index contributed by atoms with van der Waals surface area (Å²) in [4.78, 5) is 17.0. The Balaban J connectivity index is 0.00000304. The van der Waals surface area contributed by atoms with Crippen molar-refractivity contribution in [3.8, 4) is 17.3 Å². The number of aromatic nitrogens is 2. The number of benzene rings is 3. The molecule has 0 radical (unpaired) electrons. The lowest BCUT2D eigenvalue weighted by Gasteiger charge is -2.40. The molecule has 5 rings (SSSR count). The molecule has 1 aromatic heterocycles. The van der Waals surface area contributed by atoms with Crippen molar-refractivity contribution in [3.05, 3.63) is 89.7 Å². The van der Waals surface area contributed by atoms with Gasteiger partial charge >= 0.3 is 0 Å². The molecule has 0 unspecified atom stereocenters. The van der Waals surface area contributed by atoms with Gasteiger partial charge in [0.25, 0.3) is 0 Å². The number of carbonyl (C=O) groups is 1.